The van der Waals surface area contributed by atoms with Gasteiger partial charge in [0.25, 0.3) is 0 Å². The lowest BCUT2D eigenvalue weighted by molar-refractivity contribution is -0.137. The summed E-state index contributed by atoms with van der Waals surface area (Å²) >= 11 is 0. The Morgan fingerprint density at radius 2 is 1.63 bits per heavy atom. The number of sulfonamides is 1. The molecule has 1 saturated heterocycles. The molecule has 3 rings (SSSR count). The maximum absolute atomic E-state index is 12.9. The Morgan fingerprint density at radius 3 is 2.23 bits per heavy atom. The maximum Gasteiger partial charge on any atom is 0.416 e. The number of piperazine rings is 1. The van der Waals surface area contributed by atoms with E-state index in [0.29, 0.717) is 5.56 Å². The lowest BCUT2D eigenvalue weighted by Crippen LogP contribution is -2.53. The summed E-state index contributed by atoms with van der Waals surface area (Å²) in [5.41, 5.74) is -0.440. The minimum Gasteiger partial charge on any atom is -0.331 e. The monoisotopic (exact) mass is 441 g/mol. The Kier molecular flexibility index (Phi) is 6.37. The van der Waals surface area contributed by atoms with E-state index in [9.17, 15) is 26.4 Å². The highest BCUT2D eigenvalue weighted by atomic mass is 32.2. The summed E-state index contributed by atoms with van der Waals surface area (Å²) in [6, 6.07) is 11.8. The quantitative estimate of drug-likeness (QED) is 0.790. The maximum atomic E-state index is 12.9. The third kappa shape index (κ3) is 4.93. The van der Waals surface area contributed by atoms with Crippen molar-refractivity contribution in [1.29, 1.82) is 0 Å². The number of benzene rings is 2. The minimum atomic E-state index is -4.46. The zero-order valence-corrected chi connectivity index (χ0v) is 17.1. The Bertz CT molecular complexity index is 989. The average Bonchev–Trinajstić information content (AvgIpc) is 2.74. The standard InChI is InChI=1S/C20H22F3N3O3S/c1-15(16-6-5-7-17(14-16)20(21,22)23)24-19(27)25-10-12-26(13-11-25)30(28,29)18-8-3-2-4-9-18/h2-9,14-15H,10-13H2,1H3,(H,24,27). The summed E-state index contributed by atoms with van der Waals surface area (Å²) in [6.07, 6.45) is -4.46. The highest BCUT2D eigenvalue weighted by Gasteiger charge is 2.32. The number of urea groups is 1. The summed E-state index contributed by atoms with van der Waals surface area (Å²) in [5, 5.41) is 2.68. The number of hydrogen-bond acceptors (Lipinski definition) is 3. The van der Waals surface area contributed by atoms with E-state index in [4.69, 9.17) is 0 Å². The van der Waals surface area contributed by atoms with Gasteiger partial charge in [-0.05, 0) is 36.8 Å². The van der Waals surface area contributed by atoms with E-state index in [1.54, 1.807) is 25.1 Å². The Balaban J connectivity index is 1.59. The number of halogens is 3. The third-order valence-corrected chi connectivity index (χ3v) is 6.87. The number of nitrogens with one attached hydrogen (secondary N) is 1. The molecule has 1 aliphatic rings. The van der Waals surface area contributed by atoms with Gasteiger partial charge in [0.05, 0.1) is 16.5 Å². The molecule has 1 heterocycles. The van der Waals surface area contributed by atoms with Crippen molar-refractivity contribution in [2.45, 2.75) is 24.0 Å². The van der Waals surface area contributed by atoms with Crippen LogP contribution in [-0.2, 0) is 16.2 Å². The first kappa shape index (κ1) is 22.1. The van der Waals surface area contributed by atoms with Crippen molar-refractivity contribution >= 4 is 16.1 Å². The van der Waals surface area contributed by atoms with Crippen LogP contribution < -0.4 is 5.32 Å². The number of alkyl halides is 3. The largest absolute Gasteiger partial charge is 0.416 e. The van der Waals surface area contributed by atoms with Crippen LogP contribution in [0.5, 0.6) is 0 Å². The molecular formula is C20H22F3N3O3S. The molecule has 0 radical (unpaired) electrons. The van der Waals surface area contributed by atoms with Gasteiger partial charge in [-0.3, -0.25) is 0 Å². The first-order valence-corrected chi connectivity index (χ1v) is 10.8. The van der Waals surface area contributed by atoms with Crippen molar-refractivity contribution in [2.24, 2.45) is 0 Å². The van der Waals surface area contributed by atoms with E-state index in [1.165, 1.54) is 33.5 Å². The van der Waals surface area contributed by atoms with Crippen LogP contribution in [-0.4, -0.2) is 49.8 Å². The van der Waals surface area contributed by atoms with Crippen LogP contribution in [0.2, 0.25) is 0 Å². The van der Waals surface area contributed by atoms with E-state index in [2.05, 4.69) is 5.32 Å². The smallest absolute Gasteiger partial charge is 0.331 e. The van der Waals surface area contributed by atoms with Gasteiger partial charge in [0.1, 0.15) is 0 Å². The zero-order valence-electron chi connectivity index (χ0n) is 16.3. The molecule has 2 aromatic carbocycles. The second-order valence-corrected chi connectivity index (χ2v) is 8.94. The molecule has 0 bridgehead atoms. The van der Waals surface area contributed by atoms with E-state index in [1.807, 2.05) is 0 Å². The van der Waals surface area contributed by atoms with Gasteiger partial charge in [-0.1, -0.05) is 30.3 Å². The van der Waals surface area contributed by atoms with Crippen LogP contribution in [0.3, 0.4) is 0 Å². The molecule has 0 aliphatic carbocycles. The van der Waals surface area contributed by atoms with E-state index in [-0.39, 0.29) is 31.1 Å². The SMILES string of the molecule is CC(NC(=O)N1CCN(S(=O)(=O)c2ccccc2)CC1)c1cccc(C(F)(F)F)c1. The molecule has 2 amide bonds. The molecule has 1 unspecified atom stereocenters. The van der Waals surface area contributed by atoms with Crippen molar-refractivity contribution < 1.29 is 26.4 Å². The highest BCUT2D eigenvalue weighted by Crippen LogP contribution is 2.30. The van der Waals surface area contributed by atoms with E-state index < -0.39 is 33.8 Å². The predicted molar refractivity (Wildman–Crippen MR) is 105 cm³/mol. The molecular weight excluding hydrogens is 419 g/mol. The number of amides is 2. The Hall–Kier alpha value is -2.59. The molecule has 0 saturated carbocycles. The van der Waals surface area contributed by atoms with Crippen LogP contribution in [0, 0.1) is 0 Å². The summed E-state index contributed by atoms with van der Waals surface area (Å²) in [4.78, 5) is 14.2. The second-order valence-electron chi connectivity index (χ2n) is 7.00. The summed E-state index contributed by atoms with van der Waals surface area (Å²) in [7, 11) is -3.63. The number of rotatable bonds is 4. The van der Waals surface area contributed by atoms with Crippen molar-refractivity contribution in [3.63, 3.8) is 0 Å². The fourth-order valence-corrected chi connectivity index (χ4v) is 4.66. The van der Waals surface area contributed by atoms with Gasteiger partial charge in [-0.15, -0.1) is 0 Å². The zero-order chi connectivity index (χ0) is 21.9. The lowest BCUT2D eigenvalue weighted by Gasteiger charge is -2.34. The molecule has 0 spiro atoms. The molecule has 0 aromatic heterocycles. The molecule has 6 nitrogen and oxygen atoms in total. The van der Waals surface area contributed by atoms with E-state index >= 15 is 0 Å². The van der Waals surface area contributed by atoms with Crippen LogP contribution in [0.1, 0.15) is 24.1 Å². The molecule has 1 aliphatic heterocycles. The lowest BCUT2D eigenvalue weighted by atomic mass is 10.1. The van der Waals surface area contributed by atoms with Crippen molar-refractivity contribution in [1.82, 2.24) is 14.5 Å². The molecule has 2 aromatic rings. The predicted octanol–water partition coefficient (Wildman–Crippen LogP) is 3.48. The van der Waals surface area contributed by atoms with Gasteiger partial charge in [-0.25, -0.2) is 13.2 Å². The first-order valence-electron chi connectivity index (χ1n) is 9.37. The molecule has 1 N–H and O–H groups in total. The van der Waals surface area contributed by atoms with Crippen LogP contribution in [0.15, 0.2) is 59.5 Å². The van der Waals surface area contributed by atoms with Gasteiger partial charge in [-0.2, -0.15) is 17.5 Å². The van der Waals surface area contributed by atoms with E-state index in [0.717, 1.165) is 12.1 Å². The van der Waals surface area contributed by atoms with Gasteiger partial charge >= 0.3 is 12.2 Å². The van der Waals surface area contributed by atoms with Gasteiger partial charge < -0.3 is 10.2 Å². The first-order chi connectivity index (χ1) is 14.1. The van der Waals surface area contributed by atoms with Gasteiger partial charge in [0, 0.05) is 26.2 Å². The van der Waals surface area contributed by atoms with Crippen LogP contribution >= 0.6 is 0 Å². The second kappa shape index (κ2) is 8.65. The fraction of sp³-hybridized carbons (Fsp3) is 0.350. The van der Waals surface area contributed by atoms with Gasteiger partial charge in [0.15, 0.2) is 0 Å². The number of carbonyl (C=O) groups is 1. The summed E-state index contributed by atoms with van der Waals surface area (Å²) < 4.78 is 65.3. The Labute approximate surface area is 173 Å². The molecule has 10 heteroatoms. The summed E-state index contributed by atoms with van der Waals surface area (Å²) in [6.45, 7) is 2.26. The molecule has 30 heavy (non-hydrogen) atoms. The van der Waals surface area contributed by atoms with Crippen molar-refractivity contribution in [3.05, 3.63) is 65.7 Å². The van der Waals surface area contributed by atoms with Gasteiger partial charge in [0.2, 0.25) is 10.0 Å². The molecule has 1 atom stereocenters. The third-order valence-electron chi connectivity index (χ3n) is 4.96. The number of carbonyl (C=O) groups excluding carboxylic acids is 1. The topological polar surface area (TPSA) is 69.7 Å². The number of nitrogens with zero attached hydrogens (tertiary/aromatic N) is 2. The van der Waals surface area contributed by atoms with Crippen molar-refractivity contribution in [3.8, 4) is 0 Å². The Morgan fingerprint density at radius 1 is 1.00 bits per heavy atom. The molecule has 1 fully saturated rings. The normalized spacial score (nSPS) is 16.9. The number of hydrogen-bond donors (Lipinski definition) is 1. The van der Waals surface area contributed by atoms with Crippen molar-refractivity contribution in [2.75, 3.05) is 26.2 Å². The summed E-state index contributed by atoms with van der Waals surface area (Å²) in [5.74, 6) is 0. The average molecular weight is 441 g/mol. The van der Waals surface area contributed by atoms with Crippen LogP contribution in [0.25, 0.3) is 0 Å². The highest BCUT2D eigenvalue weighted by molar-refractivity contribution is 7.89. The minimum absolute atomic E-state index is 0.141. The van der Waals surface area contributed by atoms with Crippen LogP contribution in [0.4, 0.5) is 18.0 Å². The fourth-order valence-electron chi connectivity index (χ4n) is 3.22. The molecule has 162 valence electrons.